The van der Waals surface area contributed by atoms with Crippen LogP contribution in [0.2, 0.25) is 0 Å². The van der Waals surface area contributed by atoms with Crippen LogP contribution in [-0.4, -0.2) is 11.3 Å². The zero-order valence-electron chi connectivity index (χ0n) is 6.18. The highest BCUT2D eigenvalue weighted by Gasteiger charge is 2.14. The van der Waals surface area contributed by atoms with Crippen LogP contribution in [-0.2, 0) is 0 Å². The molecule has 13 heavy (non-hydrogen) atoms. The number of hydrogen-bond acceptors (Lipinski definition) is 2. The van der Waals surface area contributed by atoms with Gasteiger partial charge >= 0.3 is 0 Å². The van der Waals surface area contributed by atoms with E-state index in [1.54, 1.807) is 0 Å². The van der Waals surface area contributed by atoms with Gasteiger partial charge in [-0.2, -0.15) is 0 Å². The first-order valence-electron chi connectivity index (χ1n) is 3.22. The van der Waals surface area contributed by atoms with Gasteiger partial charge in [-0.15, -0.1) is 0 Å². The summed E-state index contributed by atoms with van der Waals surface area (Å²) in [7, 11) is 0. The van der Waals surface area contributed by atoms with Gasteiger partial charge in [0, 0.05) is 4.47 Å². The Morgan fingerprint density at radius 3 is 2.62 bits per heavy atom. The highest BCUT2D eigenvalue weighted by molar-refractivity contribution is 9.10. The van der Waals surface area contributed by atoms with Crippen molar-refractivity contribution in [2.45, 2.75) is 6.43 Å². The van der Waals surface area contributed by atoms with Crippen molar-refractivity contribution in [3.8, 4) is 0 Å². The number of aromatic nitrogens is 1. The SMILES string of the molecule is O=Cc1cc(Br)c(C(F)F)[nH]c1=O. The number of pyridine rings is 1. The number of hydrogen-bond donors (Lipinski definition) is 1. The molecular weight excluding hydrogens is 248 g/mol. The van der Waals surface area contributed by atoms with Gasteiger partial charge in [-0.25, -0.2) is 8.78 Å². The largest absolute Gasteiger partial charge is 0.320 e. The van der Waals surface area contributed by atoms with E-state index in [9.17, 15) is 18.4 Å². The molecule has 0 aliphatic rings. The molecule has 6 heteroatoms. The Labute approximate surface area is 79.9 Å². The van der Waals surface area contributed by atoms with Crippen LogP contribution >= 0.6 is 15.9 Å². The molecule has 0 bridgehead atoms. The quantitative estimate of drug-likeness (QED) is 0.817. The van der Waals surface area contributed by atoms with Gasteiger partial charge < -0.3 is 4.98 Å². The first kappa shape index (κ1) is 10.0. The van der Waals surface area contributed by atoms with E-state index in [1.807, 2.05) is 4.98 Å². The summed E-state index contributed by atoms with van der Waals surface area (Å²) in [6.45, 7) is 0. The number of halogens is 3. The molecular formula is C7H4BrF2NO2. The molecule has 70 valence electrons. The van der Waals surface area contributed by atoms with Gasteiger partial charge in [-0.05, 0) is 22.0 Å². The highest BCUT2D eigenvalue weighted by atomic mass is 79.9. The molecule has 0 amide bonds. The normalized spacial score (nSPS) is 10.5. The smallest absolute Gasteiger partial charge is 0.279 e. The number of nitrogens with one attached hydrogen (secondary N) is 1. The second-order valence-electron chi connectivity index (χ2n) is 2.23. The summed E-state index contributed by atoms with van der Waals surface area (Å²) in [5.74, 6) is 0. The number of aldehydes is 1. The van der Waals surface area contributed by atoms with Crippen LogP contribution < -0.4 is 5.56 Å². The fraction of sp³-hybridized carbons (Fsp3) is 0.143. The van der Waals surface area contributed by atoms with Crippen molar-refractivity contribution in [2.75, 3.05) is 0 Å². The first-order chi connectivity index (χ1) is 6.06. The molecule has 0 radical (unpaired) electrons. The van der Waals surface area contributed by atoms with Crippen molar-refractivity contribution < 1.29 is 13.6 Å². The first-order valence-corrected chi connectivity index (χ1v) is 4.01. The van der Waals surface area contributed by atoms with E-state index in [4.69, 9.17) is 0 Å². The van der Waals surface area contributed by atoms with Crippen molar-refractivity contribution in [3.63, 3.8) is 0 Å². The Morgan fingerprint density at radius 1 is 1.54 bits per heavy atom. The zero-order chi connectivity index (χ0) is 10.0. The third-order valence-electron chi connectivity index (χ3n) is 1.40. The number of rotatable bonds is 2. The summed E-state index contributed by atoms with van der Waals surface area (Å²) in [4.78, 5) is 23.0. The van der Waals surface area contributed by atoms with Crippen LogP contribution in [0.25, 0.3) is 0 Å². The van der Waals surface area contributed by atoms with Gasteiger partial charge in [-0.1, -0.05) is 0 Å². The Hall–Kier alpha value is -1.04. The molecule has 1 N–H and O–H groups in total. The molecule has 0 saturated carbocycles. The van der Waals surface area contributed by atoms with Crippen LogP contribution in [0.3, 0.4) is 0 Å². The molecule has 0 aliphatic carbocycles. The monoisotopic (exact) mass is 251 g/mol. The molecule has 1 heterocycles. The van der Waals surface area contributed by atoms with Crippen molar-refractivity contribution in [1.29, 1.82) is 0 Å². The van der Waals surface area contributed by atoms with Crippen molar-refractivity contribution in [2.24, 2.45) is 0 Å². The average Bonchev–Trinajstić information content (AvgIpc) is 2.07. The molecule has 3 nitrogen and oxygen atoms in total. The molecule has 0 aromatic carbocycles. The second kappa shape index (κ2) is 3.78. The van der Waals surface area contributed by atoms with Crippen LogP contribution in [0.1, 0.15) is 22.5 Å². The number of carbonyl (C=O) groups excluding carboxylic acids is 1. The number of carbonyl (C=O) groups is 1. The van der Waals surface area contributed by atoms with E-state index in [0.29, 0.717) is 6.29 Å². The van der Waals surface area contributed by atoms with Crippen LogP contribution in [0, 0.1) is 0 Å². The second-order valence-corrected chi connectivity index (χ2v) is 3.09. The lowest BCUT2D eigenvalue weighted by Crippen LogP contribution is -2.14. The van der Waals surface area contributed by atoms with E-state index in [1.165, 1.54) is 0 Å². The summed E-state index contributed by atoms with van der Waals surface area (Å²) >= 11 is 2.81. The topological polar surface area (TPSA) is 49.9 Å². The molecule has 0 aliphatic heterocycles. The lowest BCUT2D eigenvalue weighted by molar-refractivity contribution is 0.112. The highest BCUT2D eigenvalue weighted by Crippen LogP contribution is 2.23. The molecule has 0 unspecified atom stereocenters. The summed E-state index contributed by atoms with van der Waals surface area (Å²) in [5.41, 5.74) is -1.51. The van der Waals surface area contributed by atoms with Crippen molar-refractivity contribution in [3.05, 3.63) is 32.2 Å². The number of alkyl halides is 2. The van der Waals surface area contributed by atoms with E-state index in [0.717, 1.165) is 6.07 Å². The third-order valence-corrected chi connectivity index (χ3v) is 2.05. The standard InChI is InChI=1S/C7H4BrF2NO2/c8-4-1-3(2-12)7(13)11-5(4)6(9)10/h1-2,6H,(H,11,13). The number of H-pyrrole nitrogens is 1. The zero-order valence-corrected chi connectivity index (χ0v) is 7.77. The lowest BCUT2D eigenvalue weighted by Gasteiger charge is -2.02. The van der Waals surface area contributed by atoms with E-state index in [-0.39, 0.29) is 10.0 Å². The molecule has 1 aromatic rings. The maximum atomic E-state index is 12.2. The third kappa shape index (κ3) is 2.00. The minimum Gasteiger partial charge on any atom is -0.320 e. The van der Waals surface area contributed by atoms with Gasteiger partial charge in [0.25, 0.3) is 12.0 Å². The van der Waals surface area contributed by atoms with Crippen LogP contribution in [0.15, 0.2) is 15.3 Å². The van der Waals surface area contributed by atoms with Gasteiger partial charge in [-0.3, -0.25) is 9.59 Å². The maximum Gasteiger partial charge on any atom is 0.279 e. The Bertz CT molecular complexity index is 389. The Kier molecular flexibility index (Phi) is 2.92. The molecule has 1 aromatic heterocycles. The Balaban J connectivity index is 3.37. The summed E-state index contributed by atoms with van der Waals surface area (Å²) in [6.07, 6.45) is -2.47. The predicted octanol–water partition coefficient (Wildman–Crippen LogP) is 1.89. The van der Waals surface area contributed by atoms with Gasteiger partial charge in [0.15, 0.2) is 6.29 Å². The summed E-state index contributed by atoms with van der Waals surface area (Å²) in [6, 6.07) is 1.06. The van der Waals surface area contributed by atoms with Crippen molar-refractivity contribution >= 4 is 22.2 Å². The average molecular weight is 252 g/mol. The fourth-order valence-electron chi connectivity index (χ4n) is 0.780. The Morgan fingerprint density at radius 2 is 2.15 bits per heavy atom. The maximum absolute atomic E-state index is 12.2. The van der Waals surface area contributed by atoms with E-state index in [2.05, 4.69) is 15.9 Å². The summed E-state index contributed by atoms with van der Waals surface area (Å²) < 4.78 is 24.3. The number of aromatic amines is 1. The molecule has 0 saturated heterocycles. The predicted molar refractivity (Wildman–Crippen MR) is 45.1 cm³/mol. The minimum absolute atomic E-state index is 0.0178. The van der Waals surface area contributed by atoms with Gasteiger partial charge in [0.1, 0.15) is 0 Å². The van der Waals surface area contributed by atoms with E-state index >= 15 is 0 Å². The molecule has 0 atom stereocenters. The molecule has 0 fully saturated rings. The van der Waals surface area contributed by atoms with Gasteiger partial charge in [0.2, 0.25) is 0 Å². The van der Waals surface area contributed by atoms with E-state index < -0.39 is 17.7 Å². The van der Waals surface area contributed by atoms with Gasteiger partial charge in [0.05, 0.1) is 11.3 Å². The lowest BCUT2D eigenvalue weighted by atomic mass is 10.2. The minimum atomic E-state index is -2.78. The van der Waals surface area contributed by atoms with Crippen LogP contribution in [0.5, 0.6) is 0 Å². The molecule has 1 rings (SSSR count). The molecule has 0 spiro atoms. The summed E-state index contributed by atoms with van der Waals surface area (Å²) in [5, 5.41) is 0. The fourth-order valence-corrected chi connectivity index (χ4v) is 1.30. The van der Waals surface area contributed by atoms with Crippen LogP contribution in [0.4, 0.5) is 8.78 Å². The van der Waals surface area contributed by atoms with Crippen molar-refractivity contribution in [1.82, 2.24) is 4.98 Å².